The largest absolute Gasteiger partial charge is 0.496 e. The molecule has 0 spiro atoms. The average Bonchev–Trinajstić information content (AvgIpc) is 2.67. The molecule has 0 aliphatic heterocycles. The fraction of sp³-hybridized carbons (Fsp3) is 0.400. The minimum atomic E-state index is -0.621. The second-order valence-electron chi connectivity index (χ2n) is 5.76. The van der Waals surface area contributed by atoms with Gasteiger partial charge in [-0.3, -0.25) is 0 Å². The number of hydrogen-bond donors (Lipinski definition) is 1. The molecule has 0 aliphatic rings. The Morgan fingerprint density at radius 1 is 0.692 bits per heavy atom. The Labute approximate surface area is 154 Å². The van der Waals surface area contributed by atoms with Gasteiger partial charge in [0.25, 0.3) is 0 Å². The molecular weight excluding hydrogens is 336 g/mol. The summed E-state index contributed by atoms with van der Waals surface area (Å²) in [6.45, 7) is 0. The summed E-state index contributed by atoms with van der Waals surface area (Å²) < 4.78 is 26.7. The van der Waals surface area contributed by atoms with Gasteiger partial charge < -0.3 is 28.8 Å². The maximum Gasteiger partial charge on any atom is 0.160 e. The normalized spacial score (nSPS) is 11.6. The molecule has 142 valence electrons. The fourth-order valence-electron chi connectivity index (χ4n) is 2.87. The molecular formula is C20H26O6. The SMILES string of the molecule is COc1cc(OC)c(C[C@H](O)Cc2ccc(OC)c(OC)c2)c(OC)c1. The molecule has 0 aliphatic carbocycles. The van der Waals surface area contributed by atoms with Crippen LogP contribution in [0, 0.1) is 0 Å². The van der Waals surface area contributed by atoms with E-state index in [1.807, 2.05) is 18.2 Å². The predicted molar refractivity (Wildman–Crippen MR) is 99.1 cm³/mol. The molecule has 2 rings (SSSR count). The minimum absolute atomic E-state index is 0.380. The van der Waals surface area contributed by atoms with E-state index < -0.39 is 6.10 Å². The van der Waals surface area contributed by atoms with Gasteiger partial charge in [-0.25, -0.2) is 0 Å². The van der Waals surface area contributed by atoms with E-state index in [-0.39, 0.29) is 0 Å². The number of rotatable bonds is 9. The molecule has 26 heavy (non-hydrogen) atoms. The Morgan fingerprint density at radius 2 is 1.27 bits per heavy atom. The molecule has 0 radical (unpaired) electrons. The lowest BCUT2D eigenvalue weighted by atomic mass is 9.99. The van der Waals surface area contributed by atoms with E-state index in [4.69, 9.17) is 23.7 Å². The van der Waals surface area contributed by atoms with Crippen molar-refractivity contribution in [3.8, 4) is 28.7 Å². The zero-order valence-electron chi connectivity index (χ0n) is 15.9. The van der Waals surface area contributed by atoms with Crippen molar-refractivity contribution in [1.82, 2.24) is 0 Å². The van der Waals surface area contributed by atoms with Crippen molar-refractivity contribution in [1.29, 1.82) is 0 Å². The van der Waals surface area contributed by atoms with Crippen LogP contribution in [0.2, 0.25) is 0 Å². The smallest absolute Gasteiger partial charge is 0.160 e. The highest BCUT2D eigenvalue weighted by atomic mass is 16.5. The van der Waals surface area contributed by atoms with Crippen LogP contribution >= 0.6 is 0 Å². The van der Waals surface area contributed by atoms with Crippen molar-refractivity contribution < 1.29 is 28.8 Å². The molecule has 0 saturated carbocycles. The van der Waals surface area contributed by atoms with Crippen LogP contribution in [-0.4, -0.2) is 46.8 Å². The molecule has 0 unspecified atom stereocenters. The predicted octanol–water partition coefficient (Wildman–Crippen LogP) is 2.88. The summed E-state index contributed by atoms with van der Waals surface area (Å²) in [5.41, 5.74) is 1.74. The van der Waals surface area contributed by atoms with E-state index in [0.29, 0.717) is 41.6 Å². The van der Waals surface area contributed by atoms with Gasteiger partial charge in [0.15, 0.2) is 11.5 Å². The molecule has 0 aromatic heterocycles. The van der Waals surface area contributed by atoms with Gasteiger partial charge in [-0.15, -0.1) is 0 Å². The van der Waals surface area contributed by atoms with Crippen molar-refractivity contribution in [2.75, 3.05) is 35.5 Å². The van der Waals surface area contributed by atoms with Crippen molar-refractivity contribution in [3.63, 3.8) is 0 Å². The number of aliphatic hydroxyl groups is 1. The summed E-state index contributed by atoms with van der Waals surface area (Å²) in [6, 6.07) is 9.16. The highest BCUT2D eigenvalue weighted by molar-refractivity contribution is 5.51. The van der Waals surface area contributed by atoms with Gasteiger partial charge in [0.05, 0.1) is 41.7 Å². The third-order valence-corrected chi connectivity index (χ3v) is 4.18. The lowest BCUT2D eigenvalue weighted by Crippen LogP contribution is -2.15. The number of methoxy groups -OCH3 is 5. The van der Waals surface area contributed by atoms with Crippen LogP contribution in [0.4, 0.5) is 0 Å². The Bertz CT molecular complexity index is 703. The summed E-state index contributed by atoms with van der Waals surface area (Å²) in [5.74, 6) is 3.16. The van der Waals surface area contributed by atoms with Gasteiger partial charge in [-0.1, -0.05) is 6.07 Å². The maximum absolute atomic E-state index is 10.6. The van der Waals surface area contributed by atoms with Crippen LogP contribution < -0.4 is 23.7 Å². The van der Waals surface area contributed by atoms with E-state index >= 15 is 0 Å². The van der Waals surface area contributed by atoms with Crippen LogP contribution in [0.25, 0.3) is 0 Å². The molecule has 6 nitrogen and oxygen atoms in total. The summed E-state index contributed by atoms with van der Waals surface area (Å²) in [5, 5.41) is 10.6. The summed E-state index contributed by atoms with van der Waals surface area (Å²) in [7, 11) is 7.93. The number of hydrogen-bond acceptors (Lipinski definition) is 6. The topological polar surface area (TPSA) is 66.4 Å². The molecule has 1 N–H and O–H groups in total. The number of aliphatic hydroxyl groups excluding tert-OH is 1. The minimum Gasteiger partial charge on any atom is -0.496 e. The van der Waals surface area contributed by atoms with Gasteiger partial charge in [-0.2, -0.15) is 0 Å². The maximum atomic E-state index is 10.6. The lowest BCUT2D eigenvalue weighted by Gasteiger charge is -2.18. The van der Waals surface area contributed by atoms with Gasteiger partial charge in [0.1, 0.15) is 17.2 Å². The zero-order valence-corrected chi connectivity index (χ0v) is 15.9. The molecule has 2 aromatic carbocycles. The number of ether oxygens (including phenoxy) is 5. The summed E-state index contributed by atoms with van der Waals surface area (Å²) in [6.07, 6.45) is 0.216. The monoisotopic (exact) mass is 362 g/mol. The second-order valence-corrected chi connectivity index (χ2v) is 5.76. The highest BCUT2D eigenvalue weighted by Gasteiger charge is 2.18. The van der Waals surface area contributed by atoms with Crippen molar-refractivity contribution in [2.24, 2.45) is 0 Å². The van der Waals surface area contributed by atoms with E-state index in [0.717, 1.165) is 11.1 Å². The average molecular weight is 362 g/mol. The first-order valence-electron chi connectivity index (χ1n) is 8.24. The summed E-state index contributed by atoms with van der Waals surface area (Å²) in [4.78, 5) is 0. The zero-order chi connectivity index (χ0) is 19.1. The van der Waals surface area contributed by atoms with Crippen LogP contribution in [-0.2, 0) is 12.8 Å². The Morgan fingerprint density at radius 3 is 1.77 bits per heavy atom. The van der Waals surface area contributed by atoms with Crippen molar-refractivity contribution in [2.45, 2.75) is 18.9 Å². The van der Waals surface area contributed by atoms with Crippen LogP contribution in [0.5, 0.6) is 28.7 Å². The van der Waals surface area contributed by atoms with Gasteiger partial charge in [0.2, 0.25) is 0 Å². The van der Waals surface area contributed by atoms with Crippen LogP contribution in [0.3, 0.4) is 0 Å². The first kappa shape index (κ1) is 19.7. The van der Waals surface area contributed by atoms with Crippen LogP contribution in [0.15, 0.2) is 30.3 Å². The second kappa shape index (κ2) is 9.20. The fourth-order valence-corrected chi connectivity index (χ4v) is 2.87. The van der Waals surface area contributed by atoms with Crippen molar-refractivity contribution >= 4 is 0 Å². The van der Waals surface area contributed by atoms with E-state index in [1.165, 1.54) is 0 Å². The quantitative estimate of drug-likeness (QED) is 0.740. The van der Waals surface area contributed by atoms with Crippen LogP contribution in [0.1, 0.15) is 11.1 Å². The third-order valence-electron chi connectivity index (χ3n) is 4.18. The molecule has 0 fully saturated rings. The first-order valence-corrected chi connectivity index (χ1v) is 8.24. The standard InChI is InChI=1S/C20H26O6/c1-22-15-11-18(24-3)16(19(12-15)25-4)10-14(21)8-13-6-7-17(23-2)20(9-13)26-5/h6-7,9,11-12,14,21H,8,10H2,1-5H3/t14-/m1/s1. The van der Waals surface area contributed by atoms with E-state index in [2.05, 4.69) is 0 Å². The highest BCUT2D eigenvalue weighted by Crippen LogP contribution is 2.35. The van der Waals surface area contributed by atoms with Gasteiger partial charge >= 0.3 is 0 Å². The molecule has 6 heteroatoms. The third kappa shape index (κ3) is 4.52. The first-order chi connectivity index (χ1) is 12.6. The molecule has 0 bridgehead atoms. The van der Waals surface area contributed by atoms with Crippen molar-refractivity contribution in [3.05, 3.63) is 41.5 Å². The van der Waals surface area contributed by atoms with E-state index in [1.54, 1.807) is 47.7 Å². The molecule has 2 aromatic rings. The molecule has 0 heterocycles. The summed E-state index contributed by atoms with van der Waals surface area (Å²) >= 11 is 0. The van der Waals surface area contributed by atoms with Gasteiger partial charge in [-0.05, 0) is 24.1 Å². The molecule has 0 saturated heterocycles. The Kier molecular flexibility index (Phi) is 6.97. The van der Waals surface area contributed by atoms with E-state index in [9.17, 15) is 5.11 Å². The van der Waals surface area contributed by atoms with Gasteiger partial charge in [0, 0.05) is 24.1 Å². The molecule has 0 amide bonds. The Hall–Kier alpha value is -2.60. The Balaban J connectivity index is 2.21. The lowest BCUT2D eigenvalue weighted by molar-refractivity contribution is 0.172. The molecule has 1 atom stereocenters. The number of benzene rings is 2.